The molecule has 0 aliphatic carbocycles. The summed E-state index contributed by atoms with van der Waals surface area (Å²) in [7, 11) is 0. The largest absolute Gasteiger partial charge is 0.353 e. The maximum Gasteiger partial charge on any atom is 0.152 e. The van der Waals surface area contributed by atoms with E-state index in [2.05, 4.69) is 62.3 Å². The van der Waals surface area contributed by atoms with E-state index in [-0.39, 0.29) is 0 Å². The van der Waals surface area contributed by atoms with Gasteiger partial charge in [0.2, 0.25) is 0 Å². The Morgan fingerprint density at radius 3 is 2.86 bits per heavy atom. The van der Waals surface area contributed by atoms with Crippen molar-refractivity contribution >= 4 is 27.4 Å². The van der Waals surface area contributed by atoms with E-state index in [4.69, 9.17) is 4.98 Å². The lowest BCUT2D eigenvalue weighted by molar-refractivity contribution is 0.232. The second kappa shape index (κ2) is 6.36. The fourth-order valence-electron chi connectivity index (χ4n) is 3.38. The van der Waals surface area contributed by atoms with Crippen LogP contribution in [0.1, 0.15) is 26.0 Å². The summed E-state index contributed by atoms with van der Waals surface area (Å²) in [5, 5.41) is 0.833. The Bertz CT molecular complexity index is 605. The average molecular weight is 351 g/mol. The van der Waals surface area contributed by atoms with E-state index in [1.165, 1.54) is 12.1 Å². The van der Waals surface area contributed by atoms with Crippen molar-refractivity contribution in [1.29, 1.82) is 0 Å². The van der Waals surface area contributed by atoms with Crippen LogP contribution in [0.4, 0.5) is 5.82 Å². The molecule has 1 saturated heterocycles. The molecule has 2 aromatic rings. The van der Waals surface area contributed by atoms with Crippen LogP contribution in [0.15, 0.2) is 24.4 Å². The Morgan fingerprint density at radius 2 is 2.14 bits per heavy atom. The van der Waals surface area contributed by atoms with Crippen LogP contribution in [-0.4, -0.2) is 46.5 Å². The van der Waals surface area contributed by atoms with Crippen molar-refractivity contribution in [2.75, 3.05) is 31.1 Å². The number of hydrogen-bond donors (Lipinski definition) is 0. The number of alkyl halides is 1. The Hall–Kier alpha value is -1.07. The van der Waals surface area contributed by atoms with E-state index in [1.54, 1.807) is 0 Å². The van der Waals surface area contributed by atoms with Crippen molar-refractivity contribution < 1.29 is 0 Å². The van der Waals surface area contributed by atoms with E-state index in [1.807, 2.05) is 6.07 Å². The quantitative estimate of drug-likeness (QED) is 0.774. The molecule has 1 fully saturated rings. The van der Waals surface area contributed by atoms with E-state index in [0.29, 0.717) is 6.04 Å². The Balaban J connectivity index is 1.88. The van der Waals surface area contributed by atoms with Gasteiger partial charge in [-0.1, -0.05) is 35.8 Å². The topological polar surface area (TPSA) is 23.8 Å². The lowest BCUT2D eigenvalue weighted by Gasteiger charge is -2.26. The molecule has 1 atom stereocenters. The third kappa shape index (κ3) is 2.69. The third-order valence-corrected chi connectivity index (χ3v) is 5.06. The van der Waals surface area contributed by atoms with Crippen molar-refractivity contribution in [1.82, 2.24) is 14.3 Å². The molecular weight excluding hydrogens is 328 g/mol. The van der Waals surface area contributed by atoms with Gasteiger partial charge in [-0.3, -0.25) is 4.90 Å². The molecule has 5 heteroatoms. The number of halogens is 1. The molecule has 0 radical (unpaired) electrons. The number of pyridine rings is 1. The van der Waals surface area contributed by atoms with E-state index < -0.39 is 0 Å². The van der Waals surface area contributed by atoms with Gasteiger partial charge in [0.05, 0.1) is 5.69 Å². The summed E-state index contributed by atoms with van der Waals surface area (Å²) in [6, 6.07) is 6.85. The molecule has 0 saturated carbocycles. The molecule has 3 rings (SSSR count). The number of hydrogen-bond acceptors (Lipinski definition) is 3. The lowest BCUT2D eigenvalue weighted by atomic mass is 10.2. The number of rotatable bonds is 5. The van der Waals surface area contributed by atoms with Gasteiger partial charge in [0.1, 0.15) is 5.65 Å². The molecule has 1 unspecified atom stereocenters. The fraction of sp³-hybridized carbons (Fsp3) is 0.562. The van der Waals surface area contributed by atoms with Crippen LogP contribution in [0.25, 0.3) is 5.65 Å². The van der Waals surface area contributed by atoms with Crippen molar-refractivity contribution in [3.05, 3.63) is 30.1 Å². The number of anilines is 1. The smallest absolute Gasteiger partial charge is 0.152 e. The molecule has 4 nitrogen and oxygen atoms in total. The zero-order valence-corrected chi connectivity index (χ0v) is 14.4. The predicted octanol–water partition coefficient (Wildman–Crippen LogP) is 3.15. The van der Waals surface area contributed by atoms with Crippen molar-refractivity contribution in [2.45, 2.75) is 31.6 Å². The predicted molar refractivity (Wildman–Crippen MR) is 91.4 cm³/mol. The average Bonchev–Trinajstić information content (AvgIpc) is 3.12. The number of imidazole rings is 1. The minimum absolute atomic E-state index is 0.660. The molecular formula is C16H23BrN4. The molecule has 0 bridgehead atoms. The van der Waals surface area contributed by atoms with Crippen molar-refractivity contribution in [3.8, 4) is 0 Å². The van der Waals surface area contributed by atoms with Crippen LogP contribution in [0.3, 0.4) is 0 Å². The summed E-state index contributed by atoms with van der Waals surface area (Å²) >= 11 is 3.63. The number of aromatic nitrogens is 2. The molecule has 1 aliphatic rings. The molecule has 114 valence electrons. The summed E-state index contributed by atoms with van der Waals surface area (Å²) < 4.78 is 2.19. The summed E-state index contributed by atoms with van der Waals surface area (Å²) in [4.78, 5) is 9.86. The summed E-state index contributed by atoms with van der Waals surface area (Å²) in [5.41, 5.74) is 2.29. The molecule has 0 amide bonds. The van der Waals surface area contributed by atoms with E-state index in [0.717, 1.165) is 43.0 Å². The van der Waals surface area contributed by atoms with Crippen LogP contribution >= 0.6 is 15.9 Å². The standard InChI is InChI=1S/C16H23BrN4/c1-3-19(4-2)13-8-10-20(12-13)16-14(11-17)21-9-6-5-7-15(21)18-16/h5-7,9,13H,3-4,8,10-12H2,1-2H3. The molecule has 0 spiro atoms. The van der Waals surface area contributed by atoms with Gasteiger partial charge < -0.3 is 9.30 Å². The van der Waals surface area contributed by atoms with E-state index in [9.17, 15) is 0 Å². The van der Waals surface area contributed by atoms with Gasteiger partial charge in [0.15, 0.2) is 5.82 Å². The summed E-state index contributed by atoms with van der Waals surface area (Å²) in [5.74, 6) is 1.15. The fourth-order valence-corrected chi connectivity index (χ4v) is 3.90. The maximum absolute atomic E-state index is 4.85. The first-order chi connectivity index (χ1) is 10.3. The Morgan fingerprint density at radius 1 is 1.33 bits per heavy atom. The van der Waals surface area contributed by atoms with Crippen molar-refractivity contribution in [2.24, 2.45) is 0 Å². The first-order valence-electron chi connectivity index (χ1n) is 7.79. The molecule has 21 heavy (non-hydrogen) atoms. The SMILES string of the molecule is CCN(CC)C1CCN(c2nc3ccccn3c2CBr)C1. The van der Waals surface area contributed by atoms with Crippen LogP contribution in [0.2, 0.25) is 0 Å². The minimum atomic E-state index is 0.660. The highest BCUT2D eigenvalue weighted by molar-refractivity contribution is 9.08. The summed E-state index contributed by atoms with van der Waals surface area (Å²) in [6.45, 7) is 8.95. The molecule has 0 N–H and O–H groups in total. The van der Waals surface area contributed by atoms with Gasteiger partial charge >= 0.3 is 0 Å². The highest BCUT2D eigenvalue weighted by Crippen LogP contribution is 2.28. The minimum Gasteiger partial charge on any atom is -0.353 e. The van der Waals surface area contributed by atoms with Crippen molar-refractivity contribution in [3.63, 3.8) is 0 Å². The molecule has 1 aliphatic heterocycles. The van der Waals surface area contributed by atoms with Crippen LogP contribution in [0.5, 0.6) is 0 Å². The normalized spacial score (nSPS) is 19.0. The first-order valence-corrected chi connectivity index (χ1v) is 8.91. The molecule has 3 heterocycles. The van der Waals surface area contributed by atoms with Crippen LogP contribution in [0, 0.1) is 0 Å². The summed E-state index contributed by atoms with van der Waals surface area (Å²) in [6.07, 6.45) is 3.33. The Kier molecular flexibility index (Phi) is 4.50. The Labute approximate surface area is 134 Å². The second-order valence-electron chi connectivity index (χ2n) is 5.55. The van der Waals surface area contributed by atoms with Gasteiger partial charge in [0, 0.05) is 30.7 Å². The highest BCUT2D eigenvalue weighted by atomic mass is 79.9. The lowest BCUT2D eigenvalue weighted by Crippen LogP contribution is -2.37. The molecule has 0 aromatic carbocycles. The van der Waals surface area contributed by atoms with Gasteiger partial charge in [-0.15, -0.1) is 0 Å². The maximum atomic E-state index is 4.85. The van der Waals surface area contributed by atoms with Gasteiger partial charge in [-0.25, -0.2) is 4.98 Å². The molecule has 2 aromatic heterocycles. The number of fused-ring (bicyclic) bond motifs is 1. The zero-order valence-electron chi connectivity index (χ0n) is 12.8. The second-order valence-corrected chi connectivity index (χ2v) is 6.12. The first kappa shape index (κ1) is 14.9. The highest BCUT2D eigenvalue weighted by Gasteiger charge is 2.29. The number of nitrogens with zero attached hydrogens (tertiary/aromatic N) is 4. The van der Waals surface area contributed by atoms with Crippen LogP contribution < -0.4 is 4.90 Å². The third-order valence-electron chi connectivity index (χ3n) is 4.53. The monoisotopic (exact) mass is 350 g/mol. The van der Waals surface area contributed by atoms with Crippen LogP contribution in [-0.2, 0) is 5.33 Å². The van der Waals surface area contributed by atoms with Gasteiger partial charge in [-0.2, -0.15) is 0 Å². The van der Waals surface area contributed by atoms with Gasteiger partial charge in [-0.05, 0) is 31.6 Å². The van der Waals surface area contributed by atoms with Gasteiger partial charge in [0.25, 0.3) is 0 Å². The zero-order chi connectivity index (χ0) is 14.8. The van der Waals surface area contributed by atoms with E-state index >= 15 is 0 Å². The number of likely N-dealkylation sites (N-methyl/N-ethyl adjacent to an activating group) is 1.